The third kappa shape index (κ3) is 4.97. The number of nitrogens with two attached hydrogens (primary N) is 1. The van der Waals surface area contributed by atoms with E-state index in [1.165, 1.54) is 11.8 Å². The van der Waals surface area contributed by atoms with Crippen LogP contribution in [0.5, 0.6) is 0 Å². The number of nitrogens with one attached hydrogen (secondary N) is 1. The van der Waals surface area contributed by atoms with Gasteiger partial charge in [-0.2, -0.15) is 0 Å². The molecule has 2 heterocycles. The number of carbonyl (C=O) groups is 2. The van der Waals surface area contributed by atoms with E-state index >= 15 is 0 Å². The number of halogens is 1. The number of nitrogens with zero attached hydrogens (tertiary/aromatic N) is 1. The van der Waals surface area contributed by atoms with E-state index in [-0.39, 0.29) is 11.7 Å². The molecular weight excluding hydrogens is 398 g/mol. The number of Topliss-reactive ketones (excluding diaryl/α,β-unsaturated/α-hetero) is 1. The van der Waals surface area contributed by atoms with Gasteiger partial charge in [-0.25, -0.2) is 5.48 Å². The van der Waals surface area contributed by atoms with Crippen molar-refractivity contribution in [3.05, 3.63) is 57.6 Å². The molecule has 0 spiro atoms. The maximum absolute atomic E-state index is 12.7. The van der Waals surface area contributed by atoms with Gasteiger partial charge in [-0.3, -0.25) is 14.4 Å². The molecule has 1 aromatic carbocycles. The highest BCUT2D eigenvalue weighted by molar-refractivity contribution is 8.03. The van der Waals surface area contributed by atoms with Crippen molar-refractivity contribution in [1.29, 1.82) is 0 Å². The van der Waals surface area contributed by atoms with Crippen LogP contribution in [0.25, 0.3) is 0 Å². The molecule has 28 heavy (non-hydrogen) atoms. The van der Waals surface area contributed by atoms with Crippen molar-refractivity contribution < 1.29 is 14.4 Å². The third-order valence-corrected chi connectivity index (χ3v) is 5.84. The number of hydrogen-bond acceptors (Lipinski definition) is 6. The molecule has 8 heteroatoms. The molecule has 1 unspecified atom stereocenters. The van der Waals surface area contributed by atoms with Crippen molar-refractivity contribution in [2.75, 3.05) is 12.4 Å². The largest absolute Gasteiger partial charge is 0.358 e. The highest BCUT2D eigenvalue weighted by Gasteiger charge is 2.39. The summed E-state index contributed by atoms with van der Waals surface area (Å²) in [7, 11) is 0. The zero-order valence-corrected chi connectivity index (χ0v) is 17.4. The summed E-state index contributed by atoms with van der Waals surface area (Å²) in [5.41, 5.74) is 9.89. The van der Waals surface area contributed by atoms with Crippen LogP contribution in [0.3, 0.4) is 0 Å². The Morgan fingerprint density at radius 2 is 2.11 bits per heavy atom. The van der Waals surface area contributed by atoms with Gasteiger partial charge in [-0.1, -0.05) is 37.6 Å². The van der Waals surface area contributed by atoms with E-state index in [9.17, 15) is 9.59 Å². The Morgan fingerprint density at radius 3 is 2.79 bits per heavy atom. The number of ketones is 1. The molecule has 150 valence electrons. The van der Waals surface area contributed by atoms with Crippen LogP contribution < -0.4 is 11.2 Å². The SMILES string of the molecule is CC(C)CONC(=O)C1=CN(Cc2ccc(Cl)cc2)C2C(=O)[C@@H](N)CSC2=C1. The lowest BCUT2D eigenvalue weighted by Gasteiger charge is -2.38. The van der Waals surface area contributed by atoms with E-state index in [0.29, 0.717) is 35.4 Å². The molecule has 3 rings (SSSR count). The van der Waals surface area contributed by atoms with Gasteiger partial charge in [0.05, 0.1) is 18.2 Å². The minimum atomic E-state index is -0.516. The quantitative estimate of drug-likeness (QED) is 0.687. The number of hydrogen-bond donors (Lipinski definition) is 2. The maximum atomic E-state index is 12.7. The smallest absolute Gasteiger partial charge is 0.276 e. The summed E-state index contributed by atoms with van der Waals surface area (Å²) in [5.74, 6) is 0.438. The maximum Gasteiger partial charge on any atom is 0.276 e. The molecule has 1 amide bonds. The fourth-order valence-corrected chi connectivity index (χ4v) is 4.26. The highest BCUT2D eigenvalue weighted by Crippen LogP contribution is 2.35. The zero-order valence-electron chi connectivity index (χ0n) is 15.9. The first kappa shape index (κ1) is 20.9. The second-order valence-corrected chi connectivity index (χ2v) is 8.82. The predicted molar refractivity (Wildman–Crippen MR) is 111 cm³/mol. The van der Waals surface area contributed by atoms with Crippen LogP contribution in [-0.2, 0) is 21.0 Å². The average molecular weight is 422 g/mol. The van der Waals surface area contributed by atoms with Gasteiger partial charge in [0.2, 0.25) is 0 Å². The second-order valence-electron chi connectivity index (χ2n) is 7.29. The first-order valence-corrected chi connectivity index (χ1v) is 10.5. The highest BCUT2D eigenvalue weighted by atomic mass is 35.5. The Labute approximate surface area is 174 Å². The van der Waals surface area contributed by atoms with Gasteiger partial charge in [0, 0.05) is 28.4 Å². The Morgan fingerprint density at radius 1 is 1.39 bits per heavy atom. The van der Waals surface area contributed by atoms with Crippen LogP contribution in [0, 0.1) is 5.92 Å². The van der Waals surface area contributed by atoms with E-state index in [2.05, 4.69) is 5.48 Å². The third-order valence-electron chi connectivity index (χ3n) is 4.39. The number of hydroxylamine groups is 1. The molecule has 6 nitrogen and oxygen atoms in total. The van der Waals surface area contributed by atoms with Crippen LogP contribution in [0.1, 0.15) is 19.4 Å². The van der Waals surface area contributed by atoms with Crippen LogP contribution in [0.4, 0.5) is 0 Å². The van der Waals surface area contributed by atoms with Gasteiger partial charge in [-0.05, 0) is 29.7 Å². The van der Waals surface area contributed by atoms with Crippen LogP contribution in [0.15, 0.2) is 47.0 Å². The Kier molecular flexibility index (Phi) is 6.82. The minimum Gasteiger partial charge on any atom is -0.358 e. The van der Waals surface area contributed by atoms with Crippen molar-refractivity contribution in [2.24, 2.45) is 11.7 Å². The van der Waals surface area contributed by atoms with Crippen molar-refractivity contribution in [3.63, 3.8) is 0 Å². The van der Waals surface area contributed by atoms with Gasteiger partial charge in [0.25, 0.3) is 5.91 Å². The fourth-order valence-electron chi connectivity index (χ4n) is 2.98. The molecule has 1 aromatic rings. The van der Waals surface area contributed by atoms with E-state index in [4.69, 9.17) is 22.2 Å². The van der Waals surface area contributed by atoms with E-state index in [1.807, 2.05) is 30.9 Å². The summed E-state index contributed by atoms with van der Waals surface area (Å²) < 4.78 is 0. The van der Waals surface area contributed by atoms with Crippen molar-refractivity contribution in [1.82, 2.24) is 10.4 Å². The number of amides is 1. The molecule has 0 aliphatic carbocycles. The number of fused-ring (bicyclic) bond motifs is 1. The molecule has 0 bridgehead atoms. The molecule has 0 saturated carbocycles. The monoisotopic (exact) mass is 421 g/mol. The lowest BCUT2D eigenvalue weighted by Crippen LogP contribution is -2.52. The van der Waals surface area contributed by atoms with Gasteiger partial charge < -0.3 is 10.6 Å². The molecule has 1 fully saturated rings. The molecule has 2 atom stereocenters. The molecule has 2 aliphatic rings. The summed E-state index contributed by atoms with van der Waals surface area (Å²) >= 11 is 7.48. The van der Waals surface area contributed by atoms with Crippen molar-refractivity contribution >= 4 is 35.1 Å². The Hall–Kier alpha value is -1.80. The number of benzene rings is 1. The standard InChI is InChI=1S/C20H24ClN3O3S/c1-12(2)10-27-23-20(26)14-7-17-18(19(25)16(22)11-28-17)24(9-14)8-13-3-5-15(21)6-4-13/h3-7,9,12,16,18H,8,10-11,22H2,1-2H3,(H,23,26)/t16-,18?/m0/s1. The summed E-state index contributed by atoms with van der Waals surface area (Å²) in [6.07, 6.45) is 3.46. The lowest BCUT2D eigenvalue weighted by molar-refractivity contribution is -0.130. The van der Waals surface area contributed by atoms with E-state index < -0.39 is 12.1 Å². The van der Waals surface area contributed by atoms with Crippen LogP contribution in [0.2, 0.25) is 5.02 Å². The molecule has 3 N–H and O–H groups in total. The van der Waals surface area contributed by atoms with Crippen LogP contribution in [-0.4, -0.2) is 41.0 Å². The first-order chi connectivity index (χ1) is 13.3. The molecular formula is C20H24ClN3O3S. The van der Waals surface area contributed by atoms with Gasteiger partial charge in [0.1, 0.15) is 6.04 Å². The summed E-state index contributed by atoms with van der Waals surface area (Å²) in [6, 6.07) is 6.42. The lowest BCUT2D eigenvalue weighted by atomic mass is 9.99. The Bertz CT molecular complexity index is 807. The van der Waals surface area contributed by atoms with Gasteiger partial charge >= 0.3 is 0 Å². The normalized spacial score (nSPS) is 21.9. The number of carbonyl (C=O) groups excluding carboxylic acids is 2. The predicted octanol–water partition coefficient (Wildman–Crippen LogP) is 2.64. The first-order valence-electron chi connectivity index (χ1n) is 9.13. The second kappa shape index (κ2) is 9.13. The summed E-state index contributed by atoms with van der Waals surface area (Å²) in [6.45, 7) is 4.89. The number of rotatable bonds is 6. The van der Waals surface area contributed by atoms with Crippen molar-refractivity contribution in [2.45, 2.75) is 32.5 Å². The van der Waals surface area contributed by atoms with E-state index in [1.54, 1.807) is 24.4 Å². The van der Waals surface area contributed by atoms with Gasteiger partial charge in [-0.15, -0.1) is 11.8 Å². The Balaban J connectivity index is 1.83. The topological polar surface area (TPSA) is 84.7 Å². The molecule has 1 saturated heterocycles. The van der Waals surface area contributed by atoms with Gasteiger partial charge in [0.15, 0.2) is 5.78 Å². The fraction of sp³-hybridized carbons (Fsp3) is 0.400. The average Bonchev–Trinajstić information content (AvgIpc) is 2.66. The van der Waals surface area contributed by atoms with Crippen molar-refractivity contribution in [3.8, 4) is 0 Å². The molecule has 2 aliphatic heterocycles. The summed E-state index contributed by atoms with van der Waals surface area (Å²) in [5, 5.41) is 0.646. The molecule has 0 radical (unpaired) electrons. The minimum absolute atomic E-state index is 0.0364. The number of thioether (sulfide) groups is 1. The van der Waals surface area contributed by atoms with E-state index in [0.717, 1.165) is 10.5 Å². The summed E-state index contributed by atoms with van der Waals surface area (Å²) in [4.78, 5) is 33.2. The zero-order chi connectivity index (χ0) is 20.3. The molecule has 0 aromatic heterocycles. The van der Waals surface area contributed by atoms with Crippen LogP contribution >= 0.6 is 23.4 Å².